The van der Waals surface area contributed by atoms with Gasteiger partial charge in [0.25, 0.3) is 0 Å². The molecule has 0 spiro atoms. The second-order valence-electron chi connectivity index (χ2n) is 7.13. The lowest BCUT2D eigenvalue weighted by atomic mass is 9.98. The second-order valence-corrected chi connectivity index (χ2v) is 7.13. The minimum absolute atomic E-state index is 0.211. The Morgan fingerprint density at radius 2 is 1.30 bits per heavy atom. The van der Waals surface area contributed by atoms with E-state index in [1.807, 2.05) is 0 Å². The maximum absolute atomic E-state index is 9.11. The molecule has 0 aromatic heterocycles. The highest BCUT2D eigenvalue weighted by Gasteiger charge is 2.01. The SMILES string of the molecule is CCC[C@H](C)CCCCCCCCCCCCOC[C@H](O)CO. The van der Waals surface area contributed by atoms with Crippen molar-refractivity contribution in [1.29, 1.82) is 0 Å². The largest absolute Gasteiger partial charge is 0.394 e. The van der Waals surface area contributed by atoms with Gasteiger partial charge in [-0.2, -0.15) is 0 Å². The van der Waals surface area contributed by atoms with Crippen LogP contribution in [0.2, 0.25) is 0 Å². The zero-order valence-corrected chi connectivity index (χ0v) is 15.8. The molecule has 0 bridgehead atoms. The van der Waals surface area contributed by atoms with Crippen molar-refractivity contribution >= 4 is 0 Å². The summed E-state index contributed by atoms with van der Waals surface area (Å²) in [7, 11) is 0. The van der Waals surface area contributed by atoms with E-state index >= 15 is 0 Å². The highest BCUT2D eigenvalue weighted by Crippen LogP contribution is 2.16. The van der Waals surface area contributed by atoms with E-state index < -0.39 is 6.10 Å². The summed E-state index contributed by atoms with van der Waals surface area (Å²) in [6, 6.07) is 0. The van der Waals surface area contributed by atoms with Gasteiger partial charge in [0.1, 0.15) is 6.10 Å². The molecule has 0 fully saturated rings. The quantitative estimate of drug-likeness (QED) is 0.344. The first kappa shape index (κ1) is 22.9. The molecule has 23 heavy (non-hydrogen) atoms. The van der Waals surface area contributed by atoms with Crippen LogP contribution in [0, 0.1) is 5.92 Å². The number of hydrogen-bond donors (Lipinski definition) is 2. The maximum Gasteiger partial charge on any atom is 0.100 e. The van der Waals surface area contributed by atoms with Crippen molar-refractivity contribution in [3.05, 3.63) is 0 Å². The van der Waals surface area contributed by atoms with Crippen LogP contribution in [0.3, 0.4) is 0 Å². The molecule has 3 heteroatoms. The first-order valence-electron chi connectivity index (χ1n) is 10.1. The molecule has 0 aromatic rings. The van der Waals surface area contributed by atoms with Crippen molar-refractivity contribution in [1.82, 2.24) is 0 Å². The third kappa shape index (κ3) is 18.1. The summed E-state index contributed by atoms with van der Waals surface area (Å²) in [6.07, 6.45) is 16.8. The first-order chi connectivity index (χ1) is 11.2. The van der Waals surface area contributed by atoms with Crippen molar-refractivity contribution in [2.24, 2.45) is 5.92 Å². The van der Waals surface area contributed by atoms with Gasteiger partial charge in [0.05, 0.1) is 13.2 Å². The number of unbranched alkanes of at least 4 members (excludes halogenated alkanes) is 9. The van der Waals surface area contributed by atoms with Crippen LogP contribution in [-0.4, -0.2) is 36.1 Å². The lowest BCUT2D eigenvalue weighted by molar-refractivity contribution is 0.00526. The molecule has 0 amide bonds. The molecule has 0 aliphatic rings. The Kier molecular flexibility index (Phi) is 18.1. The van der Waals surface area contributed by atoms with Crippen LogP contribution in [0.15, 0.2) is 0 Å². The summed E-state index contributed by atoms with van der Waals surface area (Å²) >= 11 is 0. The summed E-state index contributed by atoms with van der Waals surface area (Å²) < 4.78 is 5.29. The third-order valence-corrected chi connectivity index (χ3v) is 4.54. The number of rotatable bonds is 18. The summed E-state index contributed by atoms with van der Waals surface area (Å²) in [5.41, 5.74) is 0. The number of ether oxygens (including phenoxy) is 1. The molecule has 0 radical (unpaired) electrons. The Balaban J connectivity index is 3.05. The van der Waals surface area contributed by atoms with Crippen molar-refractivity contribution < 1.29 is 14.9 Å². The van der Waals surface area contributed by atoms with Gasteiger partial charge in [-0.1, -0.05) is 90.9 Å². The van der Waals surface area contributed by atoms with Crippen molar-refractivity contribution in [3.63, 3.8) is 0 Å². The topological polar surface area (TPSA) is 49.7 Å². The average molecular weight is 331 g/mol. The fourth-order valence-electron chi connectivity index (χ4n) is 3.02. The fraction of sp³-hybridized carbons (Fsp3) is 1.00. The molecule has 2 atom stereocenters. The molecule has 0 heterocycles. The van der Waals surface area contributed by atoms with Crippen LogP contribution < -0.4 is 0 Å². The summed E-state index contributed by atoms with van der Waals surface area (Å²) in [5.74, 6) is 0.927. The number of hydrogen-bond acceptors (Lipinski definition) is 3. The Bertz CT molecular complexity index is 221. The van der Waals surface area contributed by atoms with E-state index in [2.05, 4.69) is 13.8 Å². The number of aliphatic hydroxyl groups excluding tert-OH is 2. The van der Waals surface area contributed by atoms with E-state index in [0.29, 0.717) is 6.61 Å². The van der Waals surface area contributed by atoms with Gasteiger partial charge in [-0.15, -0.1) is 0 Å². The molecular formula is C20H42O3. The van der Waals surface area contributed by atoms with Crippen LogP contribution in [0.4, 0.5) is 0 Å². The van der Waals surface area contributed by atoms with Gasteiger partial charge in [-0.3, -0.25) is 0 Å². The first-order valence-corrected chi connectivity index (χ1v) is 10.1. The number of aliphatic hydroxyl groups is 2. The lowest BCUT2D eigenvalue weighted by Crippen LogP contribution is -2.19. The van der Waals surface area contributed by atoms with E-state index in [1.54, 1.807) is 0 Å². The molecule has 0 aromatic carbocycles. The average Bonchev–Trinajstić information content (AvgIpc) is 2.55. The predicted molar refractivity (Wildman–Crippen MR) is 98.8 cm³/mol. The van der Waals surface area contributed by atoms with Crippen molar-refractivity contribution in [2.75, 3.05) is 19.8 Å². The molecule has 0 saturated carbocycles. The predicted octanol–water partition coefficient (Wildman–Crippen LogP) is 5.08. The van der Waals surface area contributed by atoms with E-state index in [-0.39, 0.29) is 13.2 Å². The van der Waals surface area contributed by atoms with Crippen LogP contribution in [0.1, 0.15) is 97.3 Å². The van der Waals surface area contributed by atoms with Gasteiger partial charge in [0.2, 0.25) is 0 Å². The lowest BCUT2D eigenvalue weighted by Gasteiger charge is -2.09. The molecule has 0 aliphatic carbocycles. The standard InChI is InChI=1S/C20H42O3/c1-3-14-19(2)15-12-10-8-6-4-5-7-9-11-13-16-23-18-20(22)17-21/h19-22H,3-18H2,1-2H3/t19-,20+/m0/s1. The maximum atomic E-state index is 9.11. The highest BCUT2D eigenvalue weighted by molar-refractivity contribution is 4.54. The van der Waals surface area contributed by atoms with E-state index in [4.69, 9.17) is 14.9 Å². The van der Waals surface area contributed by atoms with Gasteiger partial charge in [0, 0.05) is 6.61 Å². The molecular weight excluding hydrogens is 288 g/mol. The Labute approximate surface area is 144 Å². The smallest absolute Gasteiger partial charge is 0.100 e. The fourth-order valence-corrected chi connectivity index (χ4v) is 3.02. The summed E-state index contributed by atoms with van der Waals surface area (Å²) in [5, 5.41) is 17.8. The van der Waals surface area contributed by atoms with Crippen LogP contribution >= 0.6 is 0 Å². The monoisotopic (exact) mass is 330 g/mol. The normalized spacial score (nSPS) is 14.1. The molecule has 0 saturated heterocycles. The highest BCUT2D eigenvalue weighted by atomic mass is 16.5. The van der Waals surface area contributed by atoms with Gasteiger partial charge >= 0.3 is 0 Å². The Morgan fingerprint density at radius 3 is 1.83 bits per heavy atom. The van der Waals surface area contributed by atoms with Crippen LogP contribution in [0.25, 0.3) is 0 Å². The van der Waals surface area contributed by atoms with Crippen LogP contribution in [0.5, 0.6) is 0 Å². The van der Waals surface area contributed by atoms with E-state index in [1.165, 1.54) is 77.0 Å². The molecule has 0 unspecified atom stereocenters. The van der Waals surface area contributed by atoms with Crippen LogP contribution in [-0.2, 0) is 4.74 Å². The minimum Gasteiger partial charge on any atom is -0.394 e. The van der Waals surface area contributed by atoms with Crippen molar-refractivity contribution in [2.45, 2.75) is 103 Å². The summed E-state index contributed by atoms with van der Waals surface area (Å²) in [4.78, 5) is 0. The van der Waals surface area contributed by atoms with E-state index in [0.717, 1.165) is 12.3 Å². The third-order valence-electron chi connectivity index (χ3n) is 4.54. The van der Waals surface area contributed by atoms with Gasteiger partial charge in [0.15, 0.2) is 0 Å². The van der Waals surface area contributed by atoms with Gasteiger partial charge in [-0.25, -0.2) is 0 Å². The Morgan fingerprint density at radius 1 is 0.783 bits per heavy atom. The second kappa shape index (κ2) is 18.2. The zero-order chi connectivity index (χ0) is 17.2. The molecule has 3 nitrogen and oxygen atoms in total. The molecule has 0 aliphatic heterocycles. The molecule has 2 N–H and O–H groups in total. The van der Waals surface area contributed by atoms with Gasteiger partial charge < -0.3 is 14.9 Å². The Hall–Kier alpha value is -0.120. The van der Waals surface area contributed by atoms with Crippen molar-refractivity contribution in [3.8, 4) is 0 Å². The molecule has 140 valence electrons. The van der Waals surface area contributed by atoms with Gasteiger partial charge in [-0.05, 0) is 12.3 Å². The zero-order valence-electron chi connectivity index (χ0n) is 15.8. The van der Waals surface area contributed by atoms with E-state index in [9.17, 15) is 0 Å². The minimum atomic E-state index is -0.718. The summed E-state index contributed by atoms with van der Waals surface area (Å²) in [6.45, 7) is 5.42. The molecule has 0 rings (SSSR count).